The second-order valence-corrected chi connectivity index (χ2v) is 6.62. The van der Waals surface area contributed by atoms with Crippen LogP contribution in [0.2, 0.25) is 0 Å². The summed E-state index contributed by atoms with van der Waals surface area (Å²) in [5.41, 5.74) is 2.18. The van der Waals surface area contributed by atoms with Crippen molar-refractivity contribution in [2.75, 3.05) is 29.6 Å². The first-order chi connectivity index (χ1) is 9.28. The monoisotopic (exact) mass is 332 g/mol. The summed E-state index contributed by atoms with van der Waals surface area (Å²) in [5, 5.41) is 6.34. The fourth-order valence-electron chi connectivity index (χ4n) is 2.04. The Bertz CT molecular complexity index is 408. The summed E-state index contributed by atoms with van der Waals surface area (Å²) < 4.78 is 0. The van der Waals surface area contributed by atoms with Gasteiger partial charge in [-0.05, 0) is 24.0 Å². The minimum absolute atomic E-state index is 0. The Morgan fingerprint density at radius 2 is 2.20 bits per heavy atom. The van der Waals surface area contributed by atoms with Crippen LogP contribution in [0.25, 0.3) is 0 Å². The number of thioether (sulfide) groups is 2. The summed E-state index contributed by atoms with van der Waals surface area (Å²) in [4.78, 5) is 11.9. The third-order valence-corrected chi connectivity index (χ3v) is 4.73. The zero-order valence-electron chi connectivity index (χ0n) is 11.6. The van der Waals surface area contributed by atoms with E-state index >= 15 is 0 Å². The Hall–Kier alpha value is -0.360. The molecule has 1 fully saturated rings. The van der Waals surface area contributed by atoms with Crippen molar-refractivity contribution in [3.05, 3.63) is 29.8 Å². The average Bonchev–Trinajstić information content (AvgIpc) is 2.42. The van der Waals surface area contributed by atoms with Crippen LogP contribution in [0.3, 0.4) is 0 Å². The number of nitrogens with one attached hydrogen (secondary N) is 2. The quantitative estimate of drug-likeness (QED) is 0.869. The van der Waals surface area contributed by atoms with Gasteiger partial charge in [0.2, 0.25) is 5.91 Å². The highest BCUT2D eigenvalue weighted by molar-refractivity contribution is 7.99. The molecule has 0 aliphatic carbocycles. The maximum Gasteiger partial charge on any atom is 0.225 e. The van der Waals surface area contributed by atoms with E-state index in [4.69, 9.17) is 0 Å². The fraction of sp³-hybridized carbons (Fsp3) is 0.500. The molecule has 0 spiro atoms. The van der Waals surface area contributed by atoms with E-state index in [9.17, 15) is 4.79 Å². The Morgan fingerprint density at radius 1 is 1.45 bits per heavy atom. The van der Waals surface area contributed by atoms with Gasteiger partial charge < -0.3 is 10.6 Å². The Balaban J connectivity index is 0.00000200. The molecule has 112 valence electrons. The average molecular weight is 333 g/mol. The van der Waals surface area contributed by atoms with Crippen LogP contribution < -0.4 is 10.6 Å². The van der Waals surface area contributed by atoms with Gasteiger partial charge in [0.15, 0.2) is 0 Å². The predicted molar refractivity (Wildman–Crippen MR) is 93.3 cm³/mol. The first-order valence-electron chi connectivity index (χ1n) is 6.47. The summed E-state index contributed by atoms with van der Waals surface area (Å²) >= 11 is 3.71. The highest BCUT2D eigenvalue weighted by atomic mass is 35.5. The van der Waals surface area contributed by atoms with Gasteiger partial charge >= 0.3 is 0 Å². The lowest BCUT2D eigenvalue weighted by Crippen LogP contribution is -2.39. The number of amides is 1. The number of carbonyl (C=O) groups is 1. The Morgan fingerprint density at radius 3 is 2.80 bits per heavy atom. The van der Waals surface area contributed by atoms with Gasteiger partial charge in [0.1, 0.15) is 0 Å². The van der Waals surface area contributed by atoms with E-state index in [1.807, 2.05) is 23.9 Å². The van der Waals surface area contributed by atoms with Crippen LogP contribution in [0.1, 0.15) is 12.0 Å². The van der Waals surface area contributed by atoms with Crippen LogP contribution in [0, 0.1) is 0 Å². The van der Waals surface area contributed by atoms with Crippen molar-refractivity contribution >= 4 is 47.5 Å². The number of anilines is 1. The van der Waals surface area contributed by atoms with Crippen LogP contribution >= 0.6 is 35.9 Å². The third kappa shape index (κ3) is 5.95. The minimum atomic E-state index is 0. The van der Waals surface area contributed by atoms with E-state index in [-0.39, 0.29) is 18.3 Å². The summed E-state index contributed by atoms with van der Waals surface area (Å²) in [7, 11) is 0. The van der Waals surface area contributed by atoms with Crippen LogP contribution in [-0.2, 0) is 10.5 Å². The number of hydrogen-bond acceptors (Lipinski definition) is 4. The molecule has 2 N–H and O–H groups in total. The van der Waals surface area contributed by atoms with Gasteiger partial charge in [-0.15, -0.1) is 12.4 Å². The molecule has 1 aliphatic rings. The van der Waals surface area contributed by atoms with Gasteiger partial charge in [-0.3, -0.25) is 4.79 Å². The van der Waals surface area contributed by atoms with Gasteiger partial charge in [0.25, 0.3) is 0 Å². The smallest absolute Gasteiger partial charge is 0.225 e. The Kier molecular flexibility index (Phi) is 8.45. The third-order valence-electron chi connectivity index (χ3n) is 2.98. The van der Waals surface area contributed by atoms with E-state index < -0.39 is 0 Å². The standard InChI is InChI=1S/C14H20N2OS2.ClH/c1-18-9-11-2-4-12(5-3-11)16-14(17)8-13-10-19-7-6-15-13;/h2-5,13,15H,6-10H2,1H3,(H,16,17);1H. The molecule has 0 saturated carbocycles. The van der Waals surface area contributed by atoms with Gasteiger partial charge in [-0.2, -0.15) is 23.5 Å². The van der Waals surface area contributed by atoms with Crippen molar-refractivity contribution in [1.29, 1.82) is 0 Å². The van der Waals surface area contributed by atoms with Crippen LogP contribution in [0.5, 0.6) is 0 Å². The molecule has 1 amide bonds. The molecule has 3 nitrogen and oxygen atoms in total. The normalized spacial score (nSPS) is 18.1. The molecule has 1 atom stereocenters. The Labute approximate surface area is 135 Å². The van der Waals surface area contributed by atoms with Crippen molar-refractivity contribution in [2.45, 2.75) is 18.2 Å². The molecule has 20 heavy (non-hydrogen) atoms. The van der Waals surface area contributed by atoms with Crippen molar-refractivity contribution in [1.82, 2.24) is 5.32 Å². The zero-order chi connectivity index (χ0) is 13.5. The first-order valence-corrected chi connectivity index (χ1v) is 9.01. The van der Waals surface area contributed by atoms with Gasteiger partial charge in [0.05, 0.1) is 0 Å². The summed E-state index contributed by atoms with van der Waals surface area (Å²) in [5.74, 6) is 3.28. The maximum atomic E-state index is 11.9. The molecule has 6 heteroatoms. The highest BCUT2D eigenvalue weighted by Gasteiger charge is 2.16. The molecule has 1 unspecified atom stereocenters. The number of benzene rings is 1. The second-order valence-electron chi connectivity index (χ2n) is 4.61. The molecule has 1 aliphatic heterocycles. The van der Waals surface area contributed by atoms with Gasteiger partial charge in [-0.1, -0.05) is 12.1 Å². The lowest BCUT2D eigenvalue weighted by molar-refractivity contribution is -0.116. The summed E-state index contributed by atoms with van der Waals surface area (Å²) in [6, 6.07) is 8.41. The van der Waals surface area contributed by atoms with E-state index in [0.717, 1.165) is 29.5 Å². The SMILES string of the molecule is CSCc1ccc(NC(=O)CC2CSCCN2)cc1.Cl. The minimum Gasteiger partial charge on any atom is -0.326 e. The number of rotatable bonds is 5. The summed E-state index contributed by atoms with van der Waals surface area (Å²) in [6.07, 6.45) is 2.64. The number of hydrogen-bond donors (Lipinski definition) is 2. The lowest BCUT2D eigenvalue weighted by atomic mass is 10.2. The molecular formula is C14H21ClN2OS2. The van der Waals surface area contributed by atoms with Crippen LogP contribution in [-0.4, -0.2) is 36.3 Å². The molecule has 1 saturated heterocycles. The molecule has 2 rings (SSSR count). The van der Waals surface area contributed by atoms with E-state index in [1.165, 1.54) is 5.56 Å². The maximum absolute atomic E-state index is 11.9. The van der Waals surface area contributed by atoms with E-state index in [0.29, 0.717) is 12.5 Å². The van der Waals surface area contributed by atoms with Crippen LogP contribution in [0.4, 0.5) is 5.69 Å². The molecule has 1 aromatic rings. The van der Waals surface area contributed by atoms with Crippen LogP contribution in [0.15, 0.2) is 24.3 Å². The number of halogens is 1. The molecule has 0 aromatic heterocycles. The van der Waals surface area contributed by atoms with Crippen molar-refractivity contribution < 1.29 is 4.79 Å². The molecular weight excluding hydrogens is 312 g/mol. The zero-order valence-corrected chi connectivity index (χ0v) is 14.0. The highest BCUT2D eigenvalue weighted by Crippen LogP contribution is 2.15. The van der Waals surface area contributed by atoms with E-state index in [1.54, 1.807) is 11.8 Å². The molecule has 0 bridgehead atoms. The lowest BCUT2D eigenvalue weighted by Gasteiger charge is -2.22. The van der Waals surface area contributed by atoms with Crippen molar-refractivity contribution in [3.8, 4) is 0 Å². The largest absolute Gasteiger partial charge is 0.326 e. The molecule has 1 aromatic carbocycles. The fourth-order valence-corrected chi connectivity index (χ4v) is 3.51. The van der Waals surface area contributed by atoms with Crippen molar-refractivity contribution in [2.24, 2.45) is 0 Å². The first kappa shape index (κ1) is 17.7. The van der Waals surface area contributed by atoms with Gasteiger partial charge in [-0.25, -0.2) is 0 Å². The topological polar surface area (TPSA) is 41.1 Å². The van der Waals surface area contributed by atoms with E-state index in [2.05, 4.69) is 29.0 Å². The van der Waals surface area contributed by atoms with Crippen molar-refractivity contribution in [3.63, 3.8) is 0 Å². The van der Waals surface area contributed by atoms with Gasteiger partial charge in [0, 0.05) is 42.0 Å². The molecule has 1 heterocycles. The predicted octanol–water partition coefficient (Wildman–Crippen LogP) is 3.01. The second kappa shape index (κ2) is 9.55. The molecule has 0 radical (unpaired) electrons. The summed E-state index contributed by atoms with van der Waals surface area (Å²) in [6.45, 7) is 1.01. The number of carbonyl (C=O) groups excluding carboxylic acids is 1.